The van der Waals surface area contributed by atoms with Crippen LogP contribution in [0, 0.1) is 0 Å². The molecule has 0 aliphatic rings. The third-order valence-electron chi connectivity index (χ3n) is 2.96. The highest BCUT2D eigenvalue weighted by molar-refractivity contribution is 7.16. The summed E-state index contributed by atoms with van der Waals surface area (Å²) in [6.07, 6.45) is 4.02. The van der Waals surface area contributed by atoms with Gasteiger partial charge in [0.25, 0.3) is 0 Å². The molecule has 0 saturated carbocycles. The number of hydrogen-bond acceptors (Lipinski definition) is 3. The lowest BCUT2D eigenvalue weighted by Gasteiger charge is -2.18. The number of hydrogen-bond donors (Lipinski definition) is 1. The fourth-order valence-corrected chi connectivity index (χ4v) is 2.84. The molecule has 1 atom stereocenters. The molecule has 1 unspecified atom stereocenters. The van der Waals surface area contributed by atoms with Crippen LogP contribution in [0.2, 0.25) is 4.34 Å². The van der Waals surface area contributed by atoms with Crippen molar-refractivity contribution in [2.24, 2.45) is 0 Å². The molecule has 0 amide bonds. The number of nitrogens with zero attached hydrogens (tertiary/aromatic N) is 2. The summed E-state index contributed by atoms with van der Waals surface area (Å²) in [7, 11) is 0. The van der Waals surface area contributed by atoms with Gasteiger partial charge in [-0.15, -0.1) is 11.3 Å². The summed E-state index contributed by atoms with van der Waals surface area (Å²) in [6.45, 7) is 9.40. The molecule has 0 spiro atoms. The van der Waals surface area contributed by atoms with Crippen LogP contribution in [0.15, 0.2) is 24.5 Å². The van der Waals surface area contributed by atoms with Gasteiger partial charge in [0.15, 0.2) is 0 Å². The van der Waals surface area contributed by atoms with Crippen LogP contribution in [0.5, 0.6) is 0 Å². The molecule has 1 N–H and O–H groups in total. The molecule has 2 rings (SSSR count). The smallest absolute Gasteiger partial charge is 0.0931 e. The van der Waals surface area contributed by atoms with Gasteiger partial charge in [0.1, 0.15) is 0 Å². The lowest BCUT2D eigenvalue weighted by molar-refractivity contribution is 0.355. The highest BCUT2D eigenvalue weighted by Crippen LogP contribution is 2.26. The van der Waals surface area contributed by atoms with Gasteiger partial charge in [0.2, 0.25) is 0 Å². The zero-order valence-corrected chi connectivity index (χ0v) is 13.3. The van der Waals surface area contributed by atoms with Crippen molar-refractivity contribution in [2.75, 3.05) is 0 Å². The summed E-state index contributed by atoms with van der Waals surface area (Å²) in [5, 5.41) is 7.89. The minimum absolute atomic E-state index is 0.0329. The summed E-state index contributed by atoms with van der Waals surface area (Å²) >= 11 is 7.58. The average Bonchev–Trinajstić information content (AvgIpc) is 2.93. The van der Waals surface area contributed by atoms with Gasteiger partial charge in [0.05, 0.1) is 16.1 Å². The number of nitrogens with one attached hydrogen (secondary N) is 1. The fraction of sp³-hybridized carbons (Fsp3) is 0.500. The second-order valence-corrected chi connectivity index (χ2v) is 7.46. The van der Waals surface area contributed by atoms with Crippen molar-refractivity contribution in [3.8, 4) is 0 Å². The van der Waals surface area contributed by atoms with Gasteiger partial charge in [0, 0.05) is 29.2 Å². The summed E-state index contributed by atoms with van der Waals surface area (Å²) < 4.78 is 2.83. The second kappa shape index (κ2) is 5.65. The van der Waals surface area contributed by atoms with Crippen LogP contribution in [0.4, 0.5) is 0 Å². The van der Waals surface area contributed by atoms with Crippen LogP contribution in [-0.2, 0) is 12.1 Å². The Balaban J connectivity index is 1.94. The lowest BCUT2D eigenvalue weighted by atomic mass is 10.1. The molecule has 104 valence electrons. The average molecular weight is 298 g/mol. The van der Waals surface area contributed by atoms with Gasteiger partial charge in [-0.25, -0.2) is 0 Å². The molecule has 5 heteroatoms. The summed E-state index contributed by atoms with van der Waals surface area (Å²) in [5.41, 5.74) is 1.23. The van der Waals surface area contributed by atoms with E-state index >= 15 is 0 Å². The molecule has 0 bridgehead atoms. The topological polar surface area (TPSA) is 29.9 Å². The molecule has 0 aliphatic carbocycles. The first kappa shape index (κ1) is 14.6. The van der Waals surface area contributed by atoms with Gasteiger partial charge in [-0.3, -0.25) is 4.68 Å². The maximum absolute atomic E-state index is 5.95. The normalized spacial score (nSPS) is 13.7. The van der Waals surface area contributed by atoms with E-state index in [9.17, 15) is 0 Å². The molecule has 2 heterocycles. The van der Waals surface area contributed by atoms with Crippen LogP contribution in [-0.4, -0.2) is 9.78 Å². The zero-order chi connectivity index (χ0) is 14.0. The Morgan fingerprint density at radius 1 is 1.42 bits per heavy atom. The second-order valence-electron chi connectivity index (χ2n) is 5.71. The first-order chi connectivity index (χ1) is 8.86. The molecule has 0 aliphatic heterocycles. The third-order valence-corrected chi connectivity index (χ3v) is 4.37. The van der Waals surface area contributed by atoms with E-state index in [1.165, 1.54) is 10.4 Å². The Kier molecular flexibility index (Phi) is 4.33. The Labute approximate surface area is 123 Å². The number of halogens is 1. The van der Waals surface area contributed by atoms with Gasteiger partial charge in [-0.1, -0.05) is 11.6 Å². The quantitative estimate of drug-likeness (QED) is 0.916. The SMILES string of the molecule is CC(NCc1cnn(C(C)(C)C)c1)c1ccc(Cl)s1. The molecule has 19 heavy (non-hydrogen) atoms. The van der Waals surface area contributed by atoms with Crippen molar-refractivity contribution in [1.82, 2.24) is 15.1 Å². The highest BCUT2D eigenvalue weighted by atomic mass is 35.5. The van der Waals surface area contributed by atoms with Crippen molar-refractivity contribution in [3.63, 3.8) is 0 Å². The van der Waals surface area contributed by atoms with E-state index in [-0.39, 0.29) is 5.54 Å². The Morgan fingerprint density at radius 2 is 2.16 bits per heavy atom. The first-order valence-corrected chi connectivity index (χ1v) is 7.58. The van der Waals surface area contributed by atoms with Crippen LogP contribution in [0.3, 0.4) is 0 Å². The first-order valence-electron chi connectivity index (χ1n) is 6.39. The van der Waals surface area contributed by atoms with E-state index in [1.807, 2.05) is 16.9 Å². The van der Waals surface area contributed by atoms with Gasteiger partial charge in [-0.05, 0) is 39.8 Å². The van der Waals surface area contributed by atoms with Crippen LogP contribution < -0.4 is 5.32 Å². The number of aromatic nitrogens is 2. The van der Waals surface area contributed by atoms with E-state index in [0.29, 0.717) is 6.04 Å². The van der Waals surface area contributed by atoms with Crippen molar-refractivity contribution in [1.29, 1.82) is 0 Å². The largest absolute Gasteiger partial charge is 0.305 e. The summed E-state index contributed by atoms with van der Waals surface area (Å²) in [5.74, 6) is 0. The number of rotatable bonds is 4. The third kappa shape index (κ3) is 3.81. The van der Waals surface area contributed by atoms with E-state index in [2.05, 4.69) is 50.4 Å². The molecular weight excluding hydrogens is 278 g/mol. The lowest BCUT2D eigenvalue weighted by Crippen LogP contribution is -2.22. The maximum atomic E-state index is 5.95. The predicted octanol–water partition coefficient (Wildman–Crippen LogP) is 4.20. The van der Waals surface area contributed by atoms with Gasteiger partial charge in [-0.2, -0.15) is 5.10 Å². The number of thiophene rings is 1. The molecule has 0 fully saturated rings. The molecule has 0 aromatic carbocycles. The molecule has 3 nitrogen and oxygen atoms in total. The fourth-order valence-electron chi connectivity index (χ4n) is 1.75. The van der Waals surface area contributed by atoms with E-state index < -0.39 is 0 Å². The molecule has 2 aromatic heterocycles. The van der Waals surface area contributed by atoms with E-state index in [0.717, 1.165) is 10.9 Å². The minimum atomic E-state index is 0.0329. The van der Waals surface area contributed by atoms with Crippen molar-refractivity contribution in [3.05, 3.63) is 39.3 Å². The van der Waals surface area contributed by atoms with Crippen molar-refractivity contribution >= 4 is 22.9 Å². The summed E-state index contributed by atoms with van der Waals surface area (Å²) in [4.78, 5) is 1.26. The zero-order valence-electron chi connectivity index (χ0n) is 11.8. The van der Waals surface area contributed by atoms with Crippen LogP contribution in [0.25, 0.3) is 0 Å². The van der Waals surface area contributed by atoms with Crippen LogP contribution >= 0.6 is 22.9 Å². The van der Waals surface area contributed by atoms with Gasteiger partial charge < -0.3 is 5.32 Å². The Hall–Kier alpha value is -0.840. The molecule has 2 aromatic rings. The van der Waals surface area contributed by atoms with Crippen molar-refractivity contribution < 1.29 is 0 Å². The Morgan fingerprint density at radius 3 is 2.68 bits per heavy atom. The standard InChI is InChI=1S/C14H20ClN3S/c1-10(12-5-6-13(15)19-12)16-7-11-8-17-18(9-11)14(2,3)4/h5-6,8-10,16H,7H2,1-4H3. The highest BCUT2D eigenvalue weighted by Gasteiger charge is 2.14. The molecule has 0 radical (unpaired) electrons. The molecular formula is C14H20ClN3S. The predicted molar refractivity (Wildman–Crippen MR) is 81.8 cm³/mol. The van der Waals surface area contributed by atoms with E-state index in [1.54, 1.807) is 11.3 Å². The van der Waals surface area contributed by atoms with Gasteiger partial charge >= 0.3 is 0 Å². The maximum Gasteiger partial charge on any atom is 0.0931 e. The molecule has 0 saturated heterocycles. The van der Waals surface area contributed by atoms with Crippen LogP contribution in [0.1, 0.15) is 44.2 Å². The Bertz CT molecular complexity index is 539. The minimum Gasteiger partial charge on any atom is -0.305 e. The monoisotopic (exact) mass is 297 g/mol. The van der Waals surface area contributed by atoms with Crippen molar-refractivity contribution in [2.45, 2.75) is 45.8 Å². The van der Waals surface area contributed by atoms with E-state index in [4.69, 9.17) is 11.6 Å². The summed E-state index contributed by atoms with van der Waals surface area (Å²) in [6, 6.07) is 4.32.